The topological polar surface area (TPSA) is 37.3 Å². The van der Waals surface area contributed by atoms with E-state index in [1.54, 1.807) is 6.07 Å². The van der Waals surface area contributed by atoms with E-state index < -0.39 is 5.97 Å². The number of aryl methyl sites for hydroxylation is 1. The molecule has 1 aromatic rings. The lowest BCUT2D eigenvalue weighted by Gasteiger charge is -2.11. The van der Waals surface area contributed by atoms with Gasteiger partial charge in [-0.15, -0.1) is 0 Å². The molecule has 2 rings (SSSR count). The molecule has 1 saturated carbocycles. The summed E-state index contributed by atoms with van der Waals surface area (Å²) in [7, 11) is 0. The first kappa shape index (κ1) is 10.2. The summed E-state index contributed by atoms with van der Waals surface area (Å²) >= 11 is 0. The van der Waals surface area contributed by atoms with E-state index in [9.17, 15) is 4.79 Å². The molecule has 80 valence electrons. The minimum atomic E-state index is -0.828. The summed E-state index contributed by atoms with van der Waals surface area (Å²) in [4.78, 5) is 10.9. The third-order valence-corrected chi connectivity index (χ3v) is 3.31. The molecule has 0 aliphatic heterocycles. The first-order valence-electron chi connectivity index (χ1n) is 5.52. The van der Waals surface area contributed by atoms with E-state index in [2.05, 4.69) is 0 Å². The van der Waals surface area contributed by atoms with Gasteiger partial charge in [0.1, 0.15) is 0 Å². The first-order valence-corrected chi connectivity index (χ1v) is 5.52. The van der Waals surface area contributed by atoms with Crippen LogP contribution in [-0.2, 0) is 0 Å². The molecule has 0 unspecified atom stereocenters. The van der Waals surface area contributed by atoms with E-state index in [1.165, 1.54) is 31.2 Å². The van der Waals surface area contributed by atoms with E-state index in [0.717, 1.165) is 5.56 Å². The van der Waals surface area contributed by atoms with Crippen molar-refractivity contribution >= 4 is 5.97 Å². The van der Waals surface area contributed by atoms with Gasteiger partial charge in [-0.1, -0.05) is 25.0 Å². The van der Waals surface area contributed by atoms with Crippen LogP contribution in [0.5, 0.6) is 0 Å². The zero-order valence-electron chi connectivity index (χ0n) is 8.99. The fourth-order valence-corrected chi connectivity index (χ4v) is 2.44. The van der Waals surface area contributed by atoms with E-state index in [0.29, 0.717) is 11.5 Å². The zero-order valence-corrected chi connectivity index (χ0v) is 8.99. The quantitative estimate of drug-likeness (QED) is 0.802. The standard InChI is InChI=1S/C13H16O2/c1-9-8-11(10-4-2-3-5-10)6-7-12(9)13(14)15/h6-8,10H,2-5H2,1H3,(H,14,15). The number of carbonyl (C=O) groups is 1. The van der Waals surface area contributed by atoms with Crippen molar-refractivity contribution in [1.82, 2.24) is 0 Å². The number of benzene rings is 1. The molecule has 2 nitrogen and oxygen atoms in total. The van der Waals surface area contributed by atoms with Crippen LogP contribution < -0.4 is 0 Å². The number of carboxylic acid groups (broad SMARTS) is 1. The van der Waals surface area contributed by atoms with Crippen molar-refractivity contribution in [1.29, 1.82) is 0 Å². The maximum absolute atomic E-state index is 10.9. The van der Waals surface area contributed by atoms with Gasteiger partial charge in [-0.25, -0.2) is 4.79 Å². The zero-order chi connectivity index (χ0) is 10.8. The predicted molar refractivity (Wildman–Crippen MR) is 59.3 cm³/mol. The summed E-state index contributed by atoms with van der Waals surface area (Å²) in [5, 5.41) is 8.92. The molecule has 0 saturated heterocycles. The van der Waals surface area contributed by atoms with Crippen LogP contribution >= 0.6 is 0 Å². The summed E-state index contributed by atoms with van der Waals surface area (Å²) in [6, 6.07) is 5.76. The summed E-state index contributed by atoms with van der Waals surface area (Å²) in [5.74, 6) is -0.169. The molecule has 1 aliphatic carbocycles. The third-order valence-electron chi connectivity index (χ3n) is 3.31. The Morgan fingerprint density at radius 3 is 2.53 bits per heavy atom. The van der Waals surface area contributed by atoms with Crippen molar-refractivity contribution in [3.8, 4) is 0 Å². The summed E-state index contributed by atoms with van der Waals surface area (Å²) in [6.07, 6.45) is 5.13. The Hall–Kier alpha value is -1.31. The van der Waals surface area contributed by atoms with Gasteiger partial charge >= 0.3 is 5.97 Å². The smallest absolute Gasteiger partial charge is 0.335 e. The molecule has 0 bridgehead atoms. The number of hydrogen-bond donors (Lipinski definition) is 1. The van der Waals surface area contributed by atoms with E-state index >= 15 is 0 Å². The maximum Gasteiger partial charge on any atom is 0.335 e. The van der Waals surface area contributed by atoms with E-state index in [4.69, 9.17) is 5.11 Å². The second kappa shape index (κ2) is 4.05. The van der Waals surface area contributed by atoms with Gasteiger partial charge in [-0.3, -0.25) is 0 Å². The molecule has 15 heavy (non-hydrogen) atoms. The molecule has 0 amide bonds. The summed E-state index contributed by atoms with van der Waals surface area (Å²) in [6.45, 7) is 1.88. The van der Waals surface area contributed by atoms with Crippen LogP contribution in [0, 0.1) is 6.92 Å². The van der Waals surface area contributed by atoms with Crippen LogP contribution in [0.25, 0.3) is 0 Å². The van der Waals surface area contributed by atoms with Gasteiger partial charge in [0.05, 0.1) is 5.56 Å². The highest BCUT2D eigenvalue weighted by molar-refractivity contribution is 5.89. The second-order valence-electron chi connectivity index (χ2n) is 4.36. The van der Waals surface area contributed by atoms with Crippen LogP contribution in [0.2, 0.25) is 0 Å². The Balaban J connectivity index is 2.28. The molecule has 0 atom stereocenters. The van der Waals surface area contributed by atoms with Gasteiger partial charge in [-0.2, -0.15) is 0 Å². The normalized spacial score (nSPS) is 16.9. The second-order valence-corrected chi connectivity index (χ2v) is 4.36. The number of carboxylic acids is 1. The maximum atomic E-state index is 10.9. The number of aromatic carboxylic acids is 1. The largest absolute Gasteiger partial charge is 0.478 e. The van der Waals surface area contributed by atoms with Crippen molar-refractivity contribution in [3.63, 3.8) is 0 Å². The SMILES string of the molecule is Cc1cc(C2CCCC2)ccc1C(=O)O. The molecule has 0 radical (unpaired) electrons. The molecule has 0 aromatic heterocycles. The monoisotopic (exact) mass is 204 g/mol. The summed E-state index contributed by atoms with van der Waals surface area (Å²) in [5.41, 5.74) is 2.62. The average Bonchev–Trinajstić information content (AvgIpc) is 2.69. The van der Waals surface area contributed by atoms with Gasteiger partial charge in [0.2, 0.25) is 0 Å². The van der Waals surface area contributed by atoms with Crippen molar-refractivity contribution in [2.75, 3.05) is 0 Å². The molecule has 2 heteroatoms. The predicted octanol–water partition coefficient (Wildman–Crippen LogP) is 3.35. The van der Waals surface area contributed by atoms with Crippen LogP contribution in [0.1, 0.15) is 53.1 Å². The molecule has 0 heterocycles. The minimum absolute atomic E-state index is 0.428. The van der Waals surface area contributed by atoms with Crippen LogP contribution in [0.4, 0.5) is 0 Å². The molecular weight excluding hydrogens is 188 g/mol. The highest BCUT2D eigenvalue weighted by Gasteiger charge is 2.18. The Kier molecular flexibility index (Phi) is 2.76. The molecule has 1 aliphatic rings. The van der Waals surface area contributed by atoms with Crippen molar-refractivity contribution in [2.45, 2.75) is 38.5 Å². The Morgan fingerprint density at radius 1 is 1.33 bits per heavy atom. The molecule has 1 N–H and O–H groups in total. The third kappa shape index (κ3) is 2.04. The first-order chi connectivity index (χ1) is 7.18. The highest BCUT2D eigenvalue weighted by atomic mass is 16.4. The molecule has 1 fully saturated rings. The van der Waals surface area contributed by atoms with Crippen molar-refractivity contribution < 1.29 is 9.90 Å². The molecule has 1 aromatic carbocycles. The molecule has 0 spiro atoms. The molecular formula is C13H16O2. The van der Waals surface area contributed by atoms with Gasteiger partial charge in [0, 0.05) is 0 Å². The Bertz CT molecular complexity index is 376. The van der Waals surface area contributed by atoms with E-state index in [1.807, 2.05) is 19.1 Å². The van der Waals surface area contributed by atoms with Crippen LogP contribution in [-0.4, -0.2) is 11.1 Å². The average molecular weight is 204 g/mol. The van der Waals surface area contributed by atoms with Crippen molar-refractivity contribution in [2.24, 2.45) is 0 Å². The lowest BCUT2D eigenvalue weighted by molar-refractivity contribution is 0.0696. The number of rotatable bonds is 2. The van der Waals surface area contributed by atoms with Crippen LogP contribution in [0.3, 0.4) is 0 Å². The lowest BCUT2D eigenvalue weighted by atomic mass is 9.94. The Labute approximate surface area is 89.9 Å². The lowest BCUT2D eigenvalue weighted by Crippen LogP contribution is -2.01. The minimum Gasteiger partial charge on any atom is -0.478 e. The Morgan fingerprint density at radius 2 is 2.00 bits per heavy atom. The van der Waals surface area contributed by atoms with Crippen LogP contribution in [0.15, 0.2) is 18.2 Å². The fraction of sp³-hybridized carbons (Fsp3) is 0.462. The number of hydrogen-bond acceptors (Lipinski definition) is 1. The summed E-state index contributed by atoms with van der Waals surface area (Å²) < 4.78 is 0. The van der Waals surface area contributed by atoms with Gasteiger partial charge < -0.3 is 5.11 Å². The van der Waals surface area contributed by atoms with E-state index in [-0.39, 0.29) is 0 Å². The van der Waals surface area contributed by atoms with Gasteiger partial charge in [0.15, 0.2) is 0 Å². The fourth-order valence-electron chi connectivity index (χ4n) is 2.44. The highest BCUT2D eigenvalue weighted by Crippen LogP contribution is 2.34. The van der Waals surface area contributed by atoms with Gasteiger partial charge in [0.25, 0.3) is 0 Å². The van der Waals surface area contributed by atoms with Gasteiger partial charge in [-0.05, 0) is 42.9 Å². The van der Waals surface area contributed by atoms with Crippen molar-refractivity contribution in [3.05, 3.63) is 34.9 Å².